The van der Waals surface area contributed by atoms with Crippen molar-refractivity contribution < 1.29 is 5.11 Å². The monoisotopic (exact) mass is 182 g/mol. The smallest absolute Gasteiger partial charge is 0.0859 e. The van der Waals surface area contributed by atoms with Crippen LogP contribution in [0.2, 0.25) is 0 Å². The SMILES string of the molecule is OC(C=Cc1ccccc1)CCl. The van der Waals surface area contributed by atoms with Gasteiger partial charge in [0.2, 0.25) is 0 Å². The Kier molecular flexibility index (Phi) is 3.85. The van der Waals surface area contributed by atoms with E-state index in [1.54, 1.807) is 6.08 Å². The van der Waals surface area contributed by atoms with Gasteiger partial charge in [0, 0.05) is 0 Å². The van der Waals surface area contributed by atoms with Crippen LogP contribution in [0.4, 0.5) is 0 Å². The quantitative estimate of drug-likeness (QED) is 0.712. The molecule has 1 nitrogen and oxygen atoms in total. The molecule has 1 rings (SSSR count). The predicted molar refractivity (Wildman–Crippen MR) is 52.2 cm³/mol. The third kappa shape index (κ3) is 3.07. The molecular weight excluding hydrogens is 172 g/mol. The molecule has 2 heteroatoms. The molecule has 1 atom stereocenters. The summed E-state index contributed by atoms with van der Waals surface area (Å²) in [5.74, 6) is 0.239. The Bertz CT molecular complexity index is 243. The van der Waals surface area contributed by atoms with Crippen LogP contribution in [-0.4, -0.2) is 17.1 Å². The average molecular weight is 183 g/mol. The summed E-state index contributed by atoms with van der Waals surface area (Å²) in [6.07, 6.45) is 2.99. The lowest BCUT2D eigenvalue weighted by atomic mass is 10.2. The molecule has 1 unspecified atom stereocenters. The van der Waals surface area contributed by atoms with E-state index in [4.69, 9.17) is 16.7 Å². The van der Waals surface area contributed by atoms with Gasteiger partial charge in [-0.1, -0.05) is 42.5 Å². The number of rotatable bonds is 3. The van der Waals surface area contributed by atoms with Gasteiger partial charge in [0.1, 0.15) is 0 Å². The van der Waals surface area contributed by atoms with Crippen molar-refractivity contribution >= 4 is 17.7 Å². The minimum atomic E-state index is -0.549. The van der Waals surface area contributed by atoms with Crippen LogP contribution in [-0.2, 0) is 0 Å². The average Bonchev–Trinajstić information content (AvgIpc) is 2.16. The minimum absolute atomic E-state index is 0.239. The molecule has 0 amide bonds. The Hall–Kier alpha value is -0.790. The Balaban J connectivity index is 2.58. The number of aliphatic hydroxyl groups is 1. The maximum Gasteiger partial charge on any atom is 0.0859 e. The summed E-state index contributed by atoms with van der Waals surface area (Å²) < 4.78 is 0. The lowest BCUT2D eigenvalue weighted by Crippen LogP contribution is -2.02. The highest BCUT2D eigenvalue weighted by Gasteiger charge is 1.93. The summed E-state index contributed by atoms with van der Waals surface area (Å²) in [4.78, 5) is 0. The zero-order valence-corrected chi connectivity index (χ0v) is 7.41. The molecule has 0 aliphatic heterocycles. The lowest BCUT2D eigenvalue weighted by molar-refractivity contribution is 0.248. The van der Waals surface area contributed by atoms with Crippen LogP contribution < -0.4 is 0 Å². The first-order valence-corrected chi connectivity index (χ1v) is 4.33. The van der Waals surface area contributed by atoms with E-state index in [0.717, 1.165) is 5.56 Å². The highest BCUT2D eigenvalue weighted by atomic mass is 35.5. The van der Waals surface area contributed by atoms with Crippen molar-refractivity contribution in [2.45, 2.75) is 6.10 Å². The van der Waals surface area contributed by atoms with Gasteiger partial charge < -0.3 is 5.11 Å². The van der Waals surface area contributed by atoms with E-state index in [9.17, 15) is 0 Å². The molecule has 0 spiro atoms. The number of aliphatic hydroxyl groups excluding tert-OH is 1. The molecule has 1 aromatic rings. The van der Waals surface area contributed by atoms with E-state index in [1.807, 2.05) is 36.4 Å². The van der Waals surface area contributed by atoms with Gasteiger partial charge in [0.25, 0.3) is 0 Å². The number of benzene rings is 1. The summed E-state index contributed by atoms with van der Waals surface area (Å²) in [5.41, 5.74) is 1.07. The molecule has 0 saturated heterocycles. The first-order chi connectivity index (χ1) is 5.83. The van der Waals surface area contributed by atoms with Crippen LogP contribution in [0.5, 0.6) is 0 Å². The standard InChI is InChI=1S/C10H11ClO/c11-8-10(12)7-6-9-4-2-1-3-5-9/h1-7,10,12H,8H2. The van der Waals surface area contributed by atoms with Crippen molar-refractivity contribution in [1.29, 1.82) is 0 Å². The molecule has 64 valence electrons. The van der Waals surface area contributed by atoms with E-state index in [2.05, 4.69) is 0 Å². The third-order valence-electron chi connectivity index (χ3n) is 1.47. The molecule has 0 aliphatic carbocycles. The first kappa shape index (κ1) is 9.30. The van der Waals surface area contributed by atoms with Crippen LogP contribution in [0.3, 0.4) is 0 Å². The van der Waals surface area contributed by atoms with E-state index in [0.29, 0.717) is 0 Å². The summed E-state index contributed by atoms with van der Waals surface area (Å²) in [6, 6.07) is 9.80. The van der Waals surface area contributed by atoms with Gasteiger partial charge >= 0.3 is 0 Å². The van der Waals surface area contributed by atoms with Gasteiger partial charge in [-0.15, -0.1) is 11.6 Å². The molecule has 0 aliphatic rings. The molecular formula is C10H11ClO. The van der Waals surface area contributed by atoms with Crippen molar-refractivity contribution in [2.24, 2.45) is 0 Å². The number of hydrogen-bond acceptors (Lipinski definition) is 1. The van der Waals surface area contributed by atoms with Crippen LogP contribution >= 0.6 is 11.6 Å². The van der Waals surface area contributed by atoms with Gasteiger partial charge in [-0.2, -0.15) is 0 Å². The lowest BCUT2D eigenvalue weighted by Gasteiger charge is -1.97. The van der Waals surface area contributed by atoms with Gasteiger partial charge in [-0.3, -0.25) is 0 Å². The Labute approximate surface area is 77.3 Å². The fourth-order valence-corrected chi connectivity index (χ4v) is 0.941. The van der Waals surface area contributed by atoms with Gasteiger partial charge in [0.15, 0.2) is 0 Å². The number of alkyl halides is 1. The van der Waals surface area contributed by atoms with Gasteiger partial charge in [-0.05, 0) is 5.56 Å². The Morgan fingerprint density at radius 3 is 2.58 bits per heavy atom. The molecule has 0 bridgehead atoms. The third-order valence-corrected chi connectivity index (χ3v) is 1.78. The van der Waals surface area contributed by atoms with Gasteiger partial charge in [0.05, 0.1) is 12.0 Å². The second-order valence-corrected chi connectivity index (χ2v) is 2.80. The van der Waals surface area contributed by atoms with E-state index >= 15 is 0 Å². The van der Waals surface area contributed by atoms with Crippen LogP contribution in [0.15, 0.2) is 36.4 Å². The molecule has 0 saturated carbocycles. The molecule has 12 heavy (non-hydrogen) atoms. The predicted octanol–water partition coefficient (Wildman–Crippen LogP) is 2.30. The van der Waals surface area contributed by atoms with E-state index in [-0.39, 0.29) is 5.88 Å². The van der Waals surface area contributed by atoms with Crippen LogP contribution in [0.1, 0.15) is 5.56 Å². The number of hydrogen-bond donors (Lipinski definition) is 1. The molecule has 0 heterocycles. The van der Waals surface area contributed by atoms with E-state index < -0.39 is 6.10 Å². The number of halogens is 1. The normalized spacial score (nSPS) is 13.5. The molecule has 0 aromatic heterocycles. The molecule has 0 radical (unpaired) electrons. The molecule has 0 fully saturated rings. The topological polar surface area (TPSA) is 20.2 Å². The molecule has 1 aromatic carbocycles. The summed E-state index contributed by atoms with van der Waals surface area (Å²) in [5, 5.41) is 9.10. The van der Waals surface area contributed by atoms with Crippen molar-refractivity contribution in [3.63, 3.8) is 0 Å². The van der Waals surface area contributed by atoms with Crippen molar-refractivity contribution in [1.82, 2.24) is 0 Å². The van der Waals surface area contributed by atoms with Gasteiger partial charge in [-0.25, -0.2) is 0 Å². The van der Waals surface area contributed by atoms with Crippen LogP contribution in [0, 0.1) is 0 Å². The summed E-state index contributed by atoms with van der Waals surface area (Å²) in [7, 11) is 0. The van der Waals surface area contributed by atoms with Crippen LogP contribution in [0.25, 0.3) is 6.08 Å². The maximum atomic E-state index is 9.10. The van der Waals surface area contributed by atoms with E-state index in [1.165, 1.54) is 0 Å². The largest absolute Gasteiger partial charge is 0.388 e. The van der Waals surface area contributed by atoms with Crippen molar-refractivity contribution in [3.8, 4) is 0 Å². The highest BCUT2D eigenvalue weighted by molar-refractivity contribution is 6.18. The Morgan fingerprint density at radius 2 is 2.00 bits per heavy atom. The Morgan fingerprint density at radius 1 is 1.33 bits per heavy atom. The minimum Gasteiger partial charge on any atom is -0.388 e. The second kappa shape index (κ2) is 4.96. The second-order valence-electron chi connectivity index (χ2n) is 2.49. The van der Waals surface area contributed by atoms with Crippen molar-refractivity contribution in [3.05, 3.63) is 42.0 Å². The van der Waals surface area contributed by atoms with Crippen molar-refractivity contribution in [2.75, 3.05) is 5.88 Å². The zero-order valence-electron chi connectivity index (χ0n) is 6.65. The maximum absolute atomic E-state index is 9.10. The molecule has 1 N–H and O–H groups in total. The fraction of sp³-hybridized carbons (Fsp3) is 0.200. The first-order valence-electron chi connectivity index (χ1n) is 3.80. The summed E-state index contributed by atoms with van der Waals surface area (Å²) in [6.45, 7) is 0. The zero-order chi connectivity index (χ0) is 8.81. The highest BCUT2D eigenvalue weighted by Crippen LogP contribution is 2.02. The fourth-order valence-electron chi connectivity index (χ4n) is 0.838. The summed E-state index contributed by atoms with van der Waals surface area (Å²) >= 11 is 5.42.